The van der Waals surface area contributed by atoms with Crippen LogP contribution in [0.5, 0.6) is 5.75 Å². The van der Waals surface area contributed by atoms with Gasteiger partial charge in [-0.05, 0) is 29.7 Å². The zero-order chi connectivity index (χ0) is 24.9. The number of amides is 2. The number of methoxy groups -OCH3 is 2. The predicted molar refractivity (Wildman–Crippen MR) is 128 cm³/mol. The van der Waals surface area contributed by atoms with E-state index in [0.717, 1.165) is 11.1 Å². The number of carbonyl (C=O) groups is 3. The molecule has 0 aromatic heterocycles. The van der Waals surface area contributed by atoms with Crippen LogP contribution in [0.3, 0.4) is 0 Å². The monoisotopic (exact) mass is 490 g/mol. The van der Waals surface area contributed by atoms with Gasteiger partial charge in [-0.3, -0.25) is 9.00 Å². The van der Waals surface area contributed by atoms with Crippen molar-refractivity contribution in [3.05, 3.63) is 65.7 Å². The van der Waals surface area contributed by atoms with Crippen LogP contribution in [0.1, 0.15) is 17.5 Å². The number of esters is 1. The second-order valence-electron chi connectivity index (χ2n) is 7.46. The molecule has 0 fully saturated rings. The van der Waals surface area contributed by atoms with Gasteiger partial charge < -0.3 is 24.8 Å². The first-order valence-electron chi connectivity index (χ1n) is 10.6. The molecule has 2 aromatic rings. The third-order valence-electron chi connectivity index (χ3n) is 4.92. The highest BCUT2D eigenvalue weighted by Crippen LogP contribution is 2.12. The number of nitrogens with one attached hydrogen (secondary N) is 2. The molecule has 2 amide bonds. The number of hydrogen-bond donors (Lipinski definition) is 2. The summed E-state index contributed by atoms with van der Waals surface area (Å²) in [5.41, 5.74) is 1.56. The number of alkyl carbamates (subject to hydrolysis) is 1. The maximum Gasteiger partial charge on any atom is 0.408 e. The van der Waals surface area contributed by atoms with Gasteiger partial charge in [0.2, 0.25) is 5.91 Å². The Morgan fingerprint density at radius 3 is 2.18 bits per heavy atom. The minimum atomic E-state index is -1.15. The zero-order valence-corrected chi connectivity index (χ0v) is 20.3. The lowest BCUT2D eigenvalue weighted by Gasteiger charge is -2.22. The molecule has 0 radical (unpaired) electrons. The minimum absolute atomic E-state index is 0.00258. The van der Waals surface area contributed by atoms with Crippen LogP contribution in [0.2, 0.25) is 0 Å². The van der Waals surface area contributed by atoms with Gasteiger partial charge in [0, 0.05) is 29.2 Å². The van der Waals surface area contributed by atoms with Gasteiger partial charge >= 0.3 is 12.1 Å². The van der Waals surface area contributed by atoms with E-state index in [1.165, 1.54) is 13.4 Å². The molecule has 0 heterocycles. The molecule has 0 aliphatic heterocycles. The van der Waals surface area contributed by atoms with E-state index in [1.54, 1.807) is 31.4 Å². The lowest BCUT2D eigenvalue weighted by atomic mass is 10.0. The smallest absolute Gasteiger partial charge is 0.408 e. The van der Waals surface area contributed by atoms with Crippen molar-refractivity contribution in [2.45, 2.75) is 31.5 Å². The largest absolute Gasteiger partial charge is 0.497 e. The van der Waals surface area contributed by atoms with Gasteiger partial charge in [0.15, 0.2) is 0 Å². The predicted octanol–water partition coefficient (Wildman–Crippen LogP) is 1.96. The Morgan fingerprint density at radius 2 is 1.59 bits per heavy atom. The van der Waals surface area contributed by atoms with Crippen molar-refractivity contribution < 1.29 is 32.8 Å². The molecule has 0 saturated carbocycles. The van der Waals surface area contributed by atoms with Crippen molar-refractivity contribution in [2.75, 3.05) is 26.2 Å². The molecule has 10 heteroatoms. The van der Waals surface area contributed by atoms with Gasteiger partial charge in [0.25, 0.3) is 0 Å². The Morgan fingerprint density at radius 1 is 0.912 bits per heavy atom. The summed E-state index contributed by atoms with van der Waals surface area (Å²) in [4.78, 5) is 37.6. The molecule has 0 saturated heterocycles. The molecule has 34 heavy (non-hydrogen) atoms. The fourth-order valence-corrected chi connectivity index (χ4v) is 3.63. The average molecular weight is 491 g/mol. The topological polar surface area (TPSA) is 120 Å². The third kappa shape index (κ3) is 9.22. The molecule has 9 nitrogen and oxygen atoms in total. The minimum Gasteiger partial charge on any atom is -0.497 e. The molecule has 0 spiro atoms. The molecule has 184 valence electrons. The Hall–Kier alpha value is -3.40. The number of rotatable bonds is 12. The second kappa shape index (κ2) is 14.0. The average Bonchev–Trinajstić information content (AvgIpc) is 2.85. The van der Waals surface area contributed by atoms with Gasteiger partial charge in [0.05, 0.1) is 14.2 Å². The molecule has 1 unspecified atom stereocenters. The summed E-state index contributed by atoms with van der Waals surface area (Å²) in [5, 5.41) is 5.18. The van der Waals surface area contributed by atoms with Crippen molar-refractivity contribution in [3.63, 3.8) is 0 Å². The van der Waals surface area contributed by atoms with Crippen molar-refractivity contribution in [3.8, 4) is 5.75 Å². The fourth-order valence-electron chi connectivity index (χ4n) is 3.06. The maximum absolute atomic E-state index is 13.0. The molecular weight excluding hydrogens is 460 g/mol. The quantitative estimate of drug-likeness (QED) is 0.437. The first-order valence-corrected chi connectivity index (χ1v) is 12.3. The summed E-state index contributed by atoms with van der Waals surface area (Å²) >= 11 is 0. The Bertz CT molecular complexity index is 967. The number of carbonyl (C=O) groups excluding carboxylic acids is 3. The van der Waals surface area contributed by atoms with Crippen LogP contribution < -0.4 is 15.4 Å². The van der Waals surface area contributed by atoms with Gasteiger partial charge in [-0.25, -0.2) is 9.59 Å². The third-order valence-corrected chi connectivity index (χ3v) is 5.73. The highest BCUT2D eigenvalue weighted by Gasteiger charge is 2.28. The highest BCUT2D eigenvalue weighted by atomic mass is 32.2. The van der Waals surface area contributed by atoms with Crippen molar-refractivity contribution in [2.24, 2.45) is 0 Å². The van der Waals surface area contributed by atoms with Gasteiger partial charge in [-0.15, -0.1) is 0 Å². The normalized spacial score (nSPS) is 13.1. The Kier molecular flexibility index (Phi) is 11.0. The van der Waals surface area contributed by atoms with Crippen molar-refractivity contribution in [1.29, 1.82) is 0 Å². The molecule has 0 aliphatic rings. The Balaban J connectivity index is 2.07. The van der Waals surface area contributed by atoms with E-state index >= 15 is 0 Å². The lowest BCUT2D eigenvalue weighted by Crippen LogP contribution is -2.53. The summed E-state index contributed by atoms with van der Waals surface area (Å²) in [6.45, 7) is 0.00258. The van der Waals surface area contributed by atoms with E-state index in [0.29, 0.717) is 5.75 Å². The first-order chi connectivity index (χ1) is 16.3. The summed E-state index contributed by atoms with van der Waals surface area (Å²) in [7, 11) is 1.62. The van der Waals surface area contributed by atoms with Crippen LogP contribution in [-0.2, 0) is 42.9 Å². The summed E-state index contributed by atoms with van der Waals surface area (Å²) in [5.74, 6) is -0.345. The van der Waals surface area contributed by atoms with Crippen LogP contribution in [0.25, 0.3) is 0 Å². The van der Waals surface area contributed by atoms with E-state index in [2.05, 4.69) is 10.6 Å². The first kappa shape index (κ1) is 26.8. The molecule has 0 bridgehead atoms. The molecule has 3 atom stereocenters. The van der Waals surface area contributed by atoms with E-state index in [4.69, 9.17) is 14.2 Å². The lowest BCUT2D eigenvalue weighted by molar-refractivity contribution is -0.145. The Labute approximate surface area is 201 Å². The van der Waals surface area contributed by atoms with Crippen molar-refractivity contribution in [1.82, 2.24) is 10.6 Å². The van der Waals surface area contributed by atoms with Crippen LogP contribution in [0.15, 0.2) is 54.6 Å². The molecule has 2 rings (SSSR count). The number of benzene rings is 2. The second-order valence-corrected chi connectivity index (χ2v) is 9.02. The number of ether oxygens (including phenoxy) is 3. The van der Waals surface area contributed by atoms with E-state index in [9.17, 15) is 18.6 Å². The van der Waals surface area contributed by atoms with Crippen LogP contribution >= 0.6 is 0 Å². The summed E-state index contributed by atoms with van der Waals surface area (Å²) in [6.07, 6.45) is 1.05. The van der Waals surface area contributed by atoms with Crippen LogP contribution in [0.4, 0.5) is 4.79 Å². The molecular formula is C24H30N2O7S. The standard InChI is InChI=1S/C24H30N2O7S/c1-31-19-11-9-18(10-12-19)16-33-24(29)26-21(15-17-7-5-4-6-8-17)22(27)25-20(23(28)32-2)13-14-34(3)30/h4-12,20-21H,13-16H2,1-3H3,(H,25,27)(H,26,29)/t20-,21-,34?/m0/s1. The highest BCUT2D eigenvalue weighted by molar-refractivity contribution is 7.84. The van der Waals surface area contributed by atoms with E-state index in [-0.39, 0.29) is 25.2 Å². The van der Waals surface area contributed by atoms with Crippen molar-refractivity contribution >= 4 is 28.8 Å². The summed E-state index contributed by atoms with van der Waals surface area (Å²) < 4.78 is 26.6. The number of hydrogen-bond acceptors (Lipinski definition) is 7. The fraction of sp³-hybridized carbons (Fsp3) is 0.375. The van der Waals surface area contributed by atoms with Crippen LogP contribution in [0, 0.1) is 0 Å². The van der Waals surface area contributed by atoms with Gasteiger partial charge in [0.1, 0.15) is 24.4 Å². The van der Waals surface area contributed by atoms with E-state index < -0.39 is 40.9 Å². The summed E-state index contributed by atoms with van der Waals surface area (Å²) in [6, 6.07) is 14.1. The zero-order valence-electron chi connectivity index (χ0n) is 19.4. The van der Waals surface area contributed by atoms with E-state index in [1.807, 2.05) is 30.3 Å². The maximum atomic E-state index is 13.0. The SMILES string of the molecule is COC(=O)[C@H](CCS(C)=O)NC(=O)[C@H](Cc1ccccc1)NC(=O)OCc1ccc(OC)cc1. The molecule has 2 aromatic carbocycles. The molecule has 0 aliphatic carbocycles. The molecule has 2 N–H and O–H groups in total. The van der Waals surface area contributed by atoms with Gasteiger partial charge in [-0.2, -0.15) is 0 Å². The van der Waals surface area contributed by atoms with Gasteiger partial charge in [-0.1, -0.05) is 42.5 Å². The van der Waals surface area contributed by atoms with Crippen LogP contribution in [-0.4, -0.2) is 60.5 Å².